The van der Waals surface area contributed by atoms with Crippen molar-refractivity contribution in [3.05, 3.63) is 50.1 Å². The van der Waals surface area contributed by atoms with Gasteiger partial charge in [-0.3, -0.25) is 20.4 Å². The number of carbonyl (C=O) groups excluding carboxylic acids is 2. The molecule has 25 heavy (non-hydrogen) atoms. The lowest BCUT2D eigenvalue weighted by Gasteiger charge is -2.13. The molecule has 0 aliphatic heterocycles. The number of hydrogen-bond donors (Lipinski definition) is 3. The van der Waals surface area contributed by atoms with Crippen molar-refractivity contribution in [1.82, 2.24) is 10.9 Å². The van der Waals surface area contributed by atoms with Crippen LogP contribution in [-0.4, -0.2) is 31.1 Å². The number of benzene rings is 2. The molecule has 9 heteroatoms. The first-order chi connectivity index (χ1) is 11.9. The van der Waals surface area contributed by atoms with Crippen LogP contribution in [0.2, 0.25) is 5.02 Å². The minimum atomic E-state index is -0.705. The monoisotopic (exact) mass is 476 g/mol. The molecule has 2 amide bonds. The lowest BCUT2D eigenvalue weighted by atomic mass is 10.2. The van der Waals surface area contributed by atoms with Gasteiger partial charge in [-0.1, -0.05) is 11.6 Å². The van der Waals surface area contributed by atoms with E-state index < -0.39 is 11.8 Å². The summed E-state index contributed by atoms with van der Waals surface area (Å²) in [6.45, 7) is 0. The zero-order valence-electron chi connectivity index (χ0n) is 13.2. The number of nitrogens with one attached hydrogen (secondary N) is 2. The summed E-state index contributed by atoms with van der Waals surface area (Å²) in [4.78, 5) is 24.4. The maximum absolute atomic E-state index is 12.3. The zero-order chi connectivity index (χ0) is 18.6. The molecule has 2 aromatic carbocycles. The number of hydrogen-bond acceptors (Lipinski definition) is 5. The summed E-state index contributed by atoms with van der Waals surface area (Å²) in [5, 5.41) is 9.98. The van der Waals surface area contributed by atoms with Gasteiger partial charge >= 0.3 is 0 Å². The average molecular weight is 477 g/mol. The quantitative estimate of drug-likeness (QED) is 0.466. The fraction of sp³-hybridized carbons (Fsp3) is 0.125. The summed E-state index contributed by atoms with van der Waals surface area (Å²) in [5.74, 6) is -0.649. The highest BCUT2D eigenvalue weighted by atomic mass is 127. The van der Waals surface area contributed by atoms with Crippen molar-refractivity contribution < 1.29 is 24.2 Å². The highest BCUT2D eigenvalue weighted by Crippen LogP contribution is 2.31. The molecule has 0 unspecified atom stereocenters. The molecule has 0 saturated heterocycles. The fourth-order valence-electron chi connectivity index (χ4n) is 1.97. The molecule has 3 N–H and O–H groups in total. The second-order valence-electron chi connectivity index (χ2n) is 4.76. The van der Waals surface area contributed by atoms with Crippen LogP contribution in [0.25, 0.3) is 0 Å². The first-order valence-electron chi connectivity index (χ1n) is 6.88. The van der Waals surface area contributed by atoms with Crippen LogP contribution in [0.4, 0.5) is 0 Å². The third-order valence-corrected chi connectivity index (χ3v) is 4.34. The van der Waals surface area contributed by atoms with Crippen LogP contribution in [-0.2, 0) is 0 Å². The minimum absolute atomic E-state index is 0.0604. The molecule has 0 radical (unpaired) electrons. The van der Waals surface area contributed by atoms with Gasteiger partial charge in [0.05, 0.1) is 25.3 Å². The summed E-state index contributed by atoms with van der Waals surface area (Å²) in [6.07, 6.45) is 0. The van der Waals surface area contributed by atoms with E-state index >= 15 is 0 Å². The van der Waals surface area contributed by atoms with Gasteiger partial charge in [0.2, 0.25) is 0 Å². The van der Waals surface area contributed by atoms with Gasteiger partial charge < -0.3 is 14.6 Å². The fourth-order valence-corrected chi connectivity index (χ4v) is 2.82. The molecular formula is C16H14ClIN2O5. The van der Waals surface area contributed by atoms with Gasteiger partial charge in [0.15, 0.2) is 11.5 Å². The van der Waals surface area contributed by atoms with Crippen molar-refractivity contribution in [2.24, 2.45) is 0 Å². The van der Waals surface area contributed by atoms with Crippen LogP contribution in [0.15, 0.2) is 30.3 Å². The van der Waals surface area contributed by atoms with E-state index in [1.807, 2.05) is 22.6 Å². The molecule has 0 bridgehead atoms. The van der Waals surface area contributed by atoms with Crippen molar-refractivity contribution in [3.63, 3.8) is 0 Å². The number of halogens is 2. The van der Waals surface area contributed by atoms with Crippen molar-refractivity contribution in [1.29, 1.82) is 0 Å². The molecule has 0 aliphatic rings. The molecule has 0 aromatic heterocycles. The van der Waals surface area contributed by atoms with E-state index in [1.165, 1.54) is 38.5 Å². The minimum Gasteiger partial charge on any atom is -0.507 e. The average Bonchev–Trinajstić information content (AvgIpc) is 2.60. The number of hydrazine groups is 1. The molecule has 0 saturated carbocycles. The Morgan fingerprint density at radius 1 is 1.00 bits per heavy atom. The zero-order valence-corrected chi connectivity index (χ0v) is 16.1. The number of carbonyl (C=O) groups is 2. The van der Waals surface area contributed by atoms with Crippen LogP contribution in [0.3, 0.4) is 0 Å². The number of rotatable bonds is 4. The van der Waals surface area contributed by atoms with E-state index in [2.05, 4.69) is 10.9 Å². The Labute approximate surface area is 162 Å². The van der Waals surface area contributed by atoms with Crippen molar-refractivity contribution in [2.75, 3.05) is 14.2 Å². The Kier molecular flexibility index (Phi) is 6.32. The van der Waals surface area contributed by atoms with Crippen molar-refractivity contribution >= 4 is 46.0 Å². The Bertz CT molecular complexity index is 828. The molecule has 2 aromatic rings. The lowest BCUT2D eigenvalue weighted by molar-refractivity contribution is 0.0844. The van der Waals surface area contributed by atoms with Crippen LogP contribution in [0, 0.1) is 3.57 Å². The Morgan fingerprint density at radius 2 is 1.56 bits per heavy atom. The number of phenols is 1. The van der Waals surface area contributed by atoms with Gasteiger partial charge in [-0.15, -0.1) is 0 Å². The van der Waals surface area contributed by atoms with Crippen LogP contribution < -0.4 is 20.3 Å². The standard InChI is InChI=1S/C16H14ClIN2O5/c1-24-13-6-9(11(18)7-14(13)25-2)15(22)19-20-16(23)10-5-8(17)3-4-12(10)21/h3-7,21H,1-2H3,(H,19,22)(H,20,23). The second-order valence-corrected chi connectivity index (χ2v) is 6.36. The largest absolute Gasteiger partial charge is 0.507 e. The van der Waals surface area contributed by atoms with Crippen LogP contribution in [0.5, 0.6) is 17.2 Å². The van der Waals surface area contributed by atoms with E-state index in [0.717, 1.165) is 0 Å². The SMILES string of the molecule is COc1cc(I)c(C(=O)NNC(=O)c2cc(Cl)ccc2O)cc1OC. The molecule has 0 aliphatic carbocycles. The highest BCUT2D eigenvalue weighted by molar-refractivity contribution is 14.1. The van der Waals surface area contributed by atoms with Gasteiger partial charge in [0.1, 0.15) is 5.75 Å². The normalized spacial score (nSPS) is 10.1. The summed E-state index contributed by atoms with van der Waals surface area (Å²) in [5.41, 5.74) is 4.73. The topological polar surface area (TPSA) is 96.9 Å². The number of aromatic hydroxyl groups is 1. The Balaban J connectivity index is 2.15. The van der Waals surface area contributed by atoms with Gasteiger partial charge in [-0.2, -0.15) is 0 Å². The second kappa shape index (κ2) is 8.26. The molecule has 0 spiro atoms. The number of phenolic OH excluding ortho intramolecular Hbond substituents is 1. The summed E-state index contributed by atoms with van der Waals surface area (Å²) in [6, 6.07) is 7.16. The number of ether oxygens (including phenoxy) is 2. The molecule has 7 nitrogen and oxygen atoms in total. The first kappa shape index (κ1) is 19.1. The van der Waals surface area contributed by atoms with Gasteiger partial charge in [0.25, 0.3) is 11.8 Å². The van der Waals surface area contributed by atoms with E-state index in [1.54, 1.807) is 6.07 Å². The number of methoxy groups -OCH3 is 2. The molecule has 132 valence electrons. The summed E-state index contributed by atoms with van der Waals surface area (Å²) < 4.78 is 10.9. The molecule has 2 rings (SSSR count). The van der Waals surface area contributed by atoms with Crippen LogP contribution in [0.1, 0.15) is 20.7 Å². The smallest absolute Gasteiger partial charge is 0.273 e. The van der Waals surface area contributed by atoms with E-state index in [0.29, 0.717) is 15.1 Å². The maximum Gasteiger partial charge on any atom is 0.273 e. The highest BCUT2D eigenvalue weighted by Gasteiger charge is 2.17. The van der Waals surface area contributed by atoms with Gasteiger partial charge in [-0.05, 0) is 52.9 Å². The lowest BCUT2D eigenvalue weighted by Crippen LogP contribution is -2.42. The van der Waals surface area contributed by atoms with E-state index in [4.69, 9.17) is 21.1 Å². The van der Waals surface area contributed by atoms with Crippen molar-refractivity contribution in [2.45, 2.75) is 0 Å². The maximum atomic E-state index is 12.3. The number of amides is 2. The summed E-state index contributed by atoms with van der Waals surface area (Å²) >= 11 is 7.77. The van der Waals surface area contributed by atoms with Crippen molar-refractivity contribution in [3.8, 4) is 17.2 Å². The molecule has 0 fully saturated rings. The van der Waals surface area contributed by atoms with Gasteiger partial charge in [-0.25, -0.2) is 0 Å². The molecule has 0 atom stereocenters. The first-order valence-corrected chi connectivity index (χ1v) is 8.33. The third kappa shape index (κ3) is 4.45. The third-order valence-electron chi connectivity index (χ3n) is 3.21. The van der Waals surface area contributed by atoms with E-state index in [-0.39, 0.29) is 21.9 Å². The predicted molar refractivity (Wildman–Crippen MR) is 100 cm³/mol. The summed E-state index contributed by atoms with van der Waals surface area (Å²) in [7, 11) is 2.95. The predicted octanol–water partition coefficient (Wildman–Crippen LogP) is 2.74. The van der Waals surface area contributed by atoms with E-state index in [9.17, 15) is 14.7 Å². The Hall–Kier alpha value is -2.20. The Morgan fingerprint density at radius 3 is 2.16 bits per heavy atom. The molecular weight excluding hydrogens is 463 g/mol. The molecule has 0 heterocycles. The van der Waals surface area contributed by atoms with Crippen LogP contribution >= 0.6 is 34.2 Å². The van der Waals surface area contributed by atoms with Gasteiger partial charge in [0, 0.05) is 8.59 Å².